The number of aromatic nitrogens is 1. The third kappa shape index (κ3) is 4.77. The lowest BCUT2D eigenvalue weighted by atomic mass is 10.2. The van der Waals surface area contributed by atoms with E-state index in [1.165, 1.54) is 35.0 Å². The number of carbonyl (C=O) groups excluding carboxylic acids is 1. The molecule has 0 aliphatic carbocycles. The van der Waals surface area contributed by atoms with Crippen molar-refractivity contribution >= 4 is 5.91 Å². The summed E-state index contributed by atoms with van der Waals surface area (Å²) in [6.07, 6.45) is 1.46. The molecule has 1 N–H and O–H groups in total. The Morgan fingerprint density at radius 2 is 1.92 bits per heavy atom. The lowest BCUT2D eigenvalue weighted by Gasteiger charge is -2.26. The second kappa shape index (κ2) is 8.09. The van der Waals surface area contributed by atoms with Gasteiger partial charge < -0.3 is 14.5 Å². The number of carbonyl (C=O) groups is 1. The zero-order valence-electron chi connectivity index (χ0n) is 13.7. The van der Waals surface area contributed by atoms with Gasteiger partial charge in [-0.25, -0.2) is 9.18 Å². The van der Waals surface area contributed by atoms with Crippen LogP contribution in [-0.4, -0.2) is 54.8 Å². The molecule has 0 bridgehead atoms. The van der Waals surface area contributed by atoms with Crippen LogP contribution in [0.1, 0.15) is 0 Å². The molecule has 134 valence electrons. The summed E-state index contributed by atoms with van der Waals surface area (Å²) in [4.78, 5) is 26.1. The van der Waals surface area contributed by atoms with E-state index in [1.54, 1.807) is 0 Å². The molecule has 7 nitrogen and oxygen atoms in total. The van der Waals surface area contributed by atoms with Crippen LogP contribution in [0.3, 0.4) is 0 Å². The molecule has 1 aromatic carbocycles. The fourth-order valence-electron chi connectivity index (χ4n) is 2.62. The van der Waals surface area contributed by atoms with Crippen LogP contribution in [0.5, 0.6) is 0 Å². The van der Waals surface area contributed by atoms with E-state index >= 15 is 0 Å². The summed E-state index contributed by atoms with van der Waals surface area (Å²) in [5.41, 5.74) is 0.574. The van der Waals surface area contributed by atoms with Gasteiger partial charge in [-0.15, -0.1) is 0 Å². The summed E-state index contributed by atoms with van der Waals surface area (Å²) < 4.78 is 24.5. The first-order valence-corrected chi connectivity index (χ1v) is 8.15. The fraction of sp³-hybridized carbons (Fsp3) is 0.412. The molecule has 2 aromatic rings. The molecule has 0 spiro atoms. The molecule has 3 rings (SSSR count). The molecule has 1 amide bonds. The number of ether oxygens (including phenoxy) is 1. The highest BCUT2D eigenvalue weighted by Gasteiger charge is 2.13. The smallest absolute Gasteiger partial charge is 0.408 e. The van der Waals surface area contributed by atoms with Gasteiger partial charge in [0, 0.05) is 31.7 Å². The van der Waals surface area contributed by atoms with Gasteiger partial charge in [-0.3, -0.25) is 14.3 Å². The number of amides is 1. The molecular weight excluding hydrogens is 329 g/mol. The van der Waals surface area contributed by atoms with E-state index in [-0.39, 0.29) is 18.3 Å². The molecule has 1 aliphatic heterocycles. The van der Waals surface area contributed by atoms with E-state index in [0.29, 0.717) is 31.1 Å². The van der Waals surface area contributed by atoms with Crippen molar-refractivity contribution in [3.05, 3.63) is 46.8 Å². The Morgan fingerprint density at radius 1 is 1.20 bits per heavy atom. The normalized spacial score (nSPS) is 15.2. The van der Waals surface area contributed by atoms with Crippen molar-refractivity contribution in [3.63, 3.8) is 0 Å². The Kier molecular flexibility index (Phi) is 5.62. The number of benzene rings is 1. The summed E-state index contributed by atoms with van der Waals surface area (Å²) in [7, 11) is 0. The van der Waals surface area contributed by atoms with Gasteiger partial charge in [0.05, 0.1) is 19.4 Å². The van der Waals surface area contributed by atoms with Gasteiger partial charge in [-0.2, -0.15) is 0 Å². The van der Waals surface area contributed by atoms with Crippen LogP contribution in [0.25, 0.3) is 11.3 Å². The molecule has 0 atom stereocenters. The van der Waals surface area contributed by atoms with Gasteiger partial charge in [0.2, 0.25) is 5.91 Å². The lowest BCUT2D eigenvalue weighted by molar-refractivity contribution is -0.121. The Balaban J connectivity index is 1.52. The van der Waals surface area contributed by atoms with E-state index in [9.17, 15) is 14.0 Å². The number of morpholine rings is 1. The second-order valence-electron chi connectivity index (χ2n) is 5.80. The molecule has 25 heavy (non-hydrogen) atoms. The third-order valence-electron chi connectivity index (χ3n) is 4.00. The number of oxazole rings is 1. The molecule has 1 saturated heterocycles. The molecular formula is C17H20FN3O4. The van der Waals surface area contributed by atoms with Gasteiger partial charge in [0.1, 0.15) is 12.4 Å². The van der Waals surface area contributed by atoms with E-state index in [2.05, 4.69) is 10.2 Å². The van der Waals surface area contributed by atoms with E-state index < -0.39 is 5.76 Å². The van der Waals surface area contributed by atoms with Crippen molar-refractivity contribution in [2.24, 2.45) is 0 Å². The first kappa shape index (κ1) is 17.4. The highest BCUT2D eigenvalue weighted by molar-refractivity contribution is 5.75. The van der Waals surface area contributed by atoms with E-state index in [1.807, 2.05) is 0 Å². The van der Waals surface area contributed by atoms with Gasteiger partial charge in [-0.1, -0.05) is 0 Å². The Morgan fingerprint density at radius 3 is 2.64 bits per heavy atom. The van der Waals surface area contributed by atoms with Gasteiger partial charge in [0.25, 0.3) is 0 Å². The number of hydrogen-bond acceptors (Lipinski definition) is 5. The molecule has 0 radical (unpaired) electrons. The average Bonchev–Trinajstić information content (AvgIpc) is 2.97. The highest BCUT2D eigenvalue weighted by atomic mass is 19.1. The van der Waals surface area contributed by atoms with Crippen LogP contribution in [0.2, 0.25) is 0 Å². The van der Waals surface area contributed by atoms with Crippen molar-refractivity contribution in [1.29, 1.82) is 0 Å². The molecule has 0 unspecified atom stereocenters. The maximum Gasteiger partial charge on any atom is 0.419 e. The molecule has 1 fully saturated rings. The Bertz CT molecular complexity index is 763. The van der Waals surface area contributed by atoms with E-state index in [0.717, 1.165) is 19.6 Å². The lowest BCUT2D eigenvalue weighted by Crippen LogP contribution is -2.42. The van der Waals surface area contributed by atoms with Crippen LogP contribution >= 0.6 is 0 Å². The summed E-state index contributed by atoms with van der Waals surface area (Å²) in [5, 5.41) is 2.79. The number of halogens is 1. The third-order valence-corrected chi connectivity index (χ3v) is 4.00. The second-order valence-corrected chi connectivity index (χ2v) is 5.80. The zero-order chi connectivity index (χ0) is 17.6. The summed E-state index contributed by atoms with van der Waals surface area (Å²) in [5.74, 6) is -0.958. The van der Waals surface area contributed by atoms with E-state index in [4.69, 9.17) is 9.15 Å². The average molecular weight is 349 g/mol. The zero-order valence-corrected chi connectivity index (χ0v) is 13.7. The predicted octanol–water partition coefficient (Wildman–Crippen LogP) is 0.696. The number of nitrogens with zero attached hydrogens (tertiary/aromatic N) is 2. The molecule has 1 aromatic heterocycles. The molecule has 0 saturated carbocycles. The number of hydrogen-bond donors (Lipinski definition) is 1. The van der Waals surface area contributed by atoms with Crippen LogP contribution in [-0.2, 0) is 16.1 Å². The van der Waals surface area contributed by atoms with Crippen LogP contribution in [0.4, 0.5) is 4.39 Å². The number of rotatable bonds is 6. The van der Waals surface area contributed by atoms with Gasteiger partial charge in [0.15, 0.2) is 5.76 Å². The Labute approximate surface area is 144 Å². The highest BCUT2D eigenvalue weighted by Crippen LogP contribution is 2.18. The van der Waals surface area contributed by atoms with Crippen LogP contribution in [0, 0.1) is 5.82 Å². The maximum absolute atomic E-state index is 13.0. The summed E-state index contributed by atoms with van der Waals surface area (Å²) in [6.45, 7) is 4.28. The molecule has 1 aliphatic rings. The summed E-state index contributed by atoms with van der Waals surface area (Å²) in [6, 6.07) is 5.59. The SMILES string of the molecule is O=C(Cn1cc(-c2ccc(F)cc2)oc1=O)NCCN1CCOCC1. The monoisotopic (exact) mass is 349 g/mol. The fourth-order valence-corrected chi connectivity index (χ4v) is 2.62. The minimum Gasteiger partial charge on any atom is -0.408 e. The first-order chi connectivity index (χ1) is 12.1. The maximum atomic E-state index is 13.0. The van der Waals surface area contributed by atoms with Crippen LogP contribution < -0.4 is 11.1 Å². The quantitative estimate of drug-likeness (QED) is 0.831. The van der Waals surface area contributed by atoms with Crippen molar-refractivity contribution < 1.29 is 18.3 Å². The molecule has 8 heteroatoms. The largest absolute Gasteiger partial charge is 0.419 e. The number of nitrogens with one attached hydrogen (secondary N) is 1. The van der Waals surface area contributed by atoms with Crippen molar-refractivity contribution in [2.45, 2.75) is 6.54 Å². The predicted molar refractivity (Wildman–Crippen MR) is 88.6 cm³/mol. The van der Waals surface area contributed by atoms with Gasteiger partial charge >= 0.3 is 5.76 Å². The van der Waals surface area contributed by atoms with Crippen LogP contribution in [0.15, 0.2) is 39.7 Å². The van der Waals surface area contributed by atoms with Crippen molar-refractivity contribution in [3.8, 4) is 11.3 Å². The topological polar surface area (TPSA) is 76.7 Å². The first-order valence-electron chi connectivity index (χ1n) is 8.15. The minimum atomic E-state index is -0.623. The molecule has 2 heterocycles. The standard InChI is InChI=1S/C17H20FN3O4/c18-14-3-1-13(2-4-14)15-11-21(17(23)25-15)12-16(22)19-5-6-20-7-9-24-10-8-20/h1-4,11H,5-10,12H2,(H,19,22). The van der Waals surface area contributed by atoms with Crippen molar-refractivity contribution in [1.82, 2.24) is 14.8 Å². The summed E-state index contributed by atoms with van der Waals surface area (Å²) >= 11 is 0. The van der Waals surface area contributed by atoms with Gasteiger partial charge in [-0.05, 0) is 24.3 Å². The Hall–Kier alpha value is -2.45. The minimum absolute atomic E-state index is 0.118. The van der Waals surface area contributed by atoms with Crippen molar-refractivity contribution in [2.75, 3.05) is 39.4 Å².